The van der Waals surface area contributed by atoms with E-state index in [2.05, 4.69) is 16.7 Å². The van der Waals surface area contributed by atoms with Crippen LogP contribution in [0.5, 0.6) is 5.75 Å². The molecule has 2 aliphatic rings. The van der Waals surface area contributed by atoms with Gasteiger partial charge in [-0.2, -0.15) is 0 Å². The van der Waals surface area contributed by atoms with Crippen molar-refractivity contribution in [2.75, 3.05) is 39.8 Å². The number of nitrogens with zero attached hydrogens (tertiary/aromatic N) is 1. The zero-order valence-electron chi connectivity index (χ0n) is 12.5. The molecule has 5 heteroatoms. The lowest BCUT2D eigenvalue weighted by Crippen LogP contribution is -2.50. The van der Waals surface area contributed by atoms with Crippen molar-refractivity contribution in [3.63, 3.8) is 0 Å². The Bertz CT molecular complexity index is 500. The van der Waals surface area contributed by atoms with E-state index in [9.17, 15) is 4.79 Å². The molecule has 0 aliphatic carbocycles. The van der Waals surface area contributed by atoms with E-state index < -0.39 is 0 Å². The Morgan fingerprint density at radius 2 is 2.05 bits per heavy atom. The number of hydrogen-bond donors (Lipinski definition) is 2. The average Bonchev–Trinajstić information content (AvgIpc) is 3.08. The third-order valence-electron chi connectivity index (χ3n) is 4.43. The summed E-state index contributed by atoms with van der Waals surface area (Å²) in [4.78, 5) is 14.8. The zero-order valence-corrected chi connectivity index (χ0v) is 12.5. The van der Waals surface area contributed by atoms with Crippen LogP contribution in [0.3, 0.4) is 0 Å². The second kappa shape index (κ2) is 6.45. The Hall–Kier alpha value is -1.59. The van der Waals surface area contributed by atoms with Gasteiger partial charge in [0, 0.05) is 31.7 Å². The minimum Gasteiger partial charge on any atom is -0.496 e. The molecular formula is C16H23N3O2. The summed E-state index contributed by atoms with van der Waals surface area (Å²) >= 11 is 0. The maximum absolute atomic E-state index is 12.8. The summed E-state index contributed by atoms with van der Waals surface area (Å²) in [5.74, 6) is 1.26. The molecule has 2 atom stereocenters. The molecular weight excluding hydrogens is 266 g/mol. The predicted molar refractivity (Wildman–Crippen MR) is 81.3 cm³/mol. The minimum absolute atomic E-state index is 0.0583. The van der Waals surface area contributed by atoms with Crippen molar-refractivity contribution < 1.29 is 9.53 Å². The third-order valence-corrected chi connectivity index (χ3v) is 4.43. The van der Waals surface area contributed by atoms with Gasteiger partial charge in [-0.25, -0.2) is 0 Å². The lowest BCUT2D eigenvalue weighted by Gasteiger charge is -2.38. The Labute approximate surface area is 125 Å². The number of amides is 1. The quantitative estimate of drug-likeness (QED) is 0.863. The molecule has 0 bridgehead atoms. The van der Waals surface area contributed by atoms with Crippen LogP contribution in [0.1, 0.15) is 18.0 Å². The molecule has 2 aliphatic heterocycles. The SMILES string of the molecule is COc1ccccc1C1CNCCN1C(=O)[C@H]1CCNC1. The number of nitrogens with one attached hydrogen (secondary N) is 2. The number of benzene rings is 1. The first-order valence-corrected chi connectivity index (χ1v) is 7.66. The van der Waals surface area contributed by atoms with Gasteiger partial charge in [0.15, 0.2) is 0 Å². The lowest BCUT2D eigenvalue weighted by molar-refractivity contribution is -0.138. The van der Waals surface area contributed by atoms with Crippen LogP contribution < -0.4 is 15.4 Å². The number of hydrogen-bond acceptors (Lipinski definition) is 4. The highest BCUT2D eigenvalue weighted by molar-refractivity contribution is 5.80. The van der Waals surface area contributed by atoms with Gasteiger partial charge in [-0.3, -0.25) is 4.79 Å². The van der Waals surface area contributed by atoms with Crippen LogP contribution in [0.2, 0.25) is 0 Å². The van der Waals surface area contributed by atoms with Gasteiger partial charge in [-0.1, -0.05) is 18.2 Å². The summed E-state index contributed by atoms with van der Waals surface area (Å²) in [6, 6.07) is 8.05. The van der Waals surface area contributed by atoms with Crippen molar-refractivity contribution in [3.05, 3.63) is 29.8 Å². The Morgan fingerprint density at radius 1 is 1.24 bits per heavy atom. The molecule has 2 saturated heterocycles. The maximum atomic E-state index is 12.8. The largest absolute Gasteiger partial charge is 0.496 e. The van der Waals surface area contributed by atoms with Gasteiger partial charge in [-0.15, -0.1) is 0 Å². The Balaban J connectivity index is 1.85. The molecule has 21 heavy (non-hydrogen) atoms. The maximum Gasteiger partial charge on any atom is 0.227 e. The van der Waals surface area contributed by atoms with E-state index >= 15 is 0 Å². The average molecular weight is 289 g/mol. The number of para-hydroxylation sites is 1. The first-order chi connectivity index (χ1) is 10.3. The molecule has 1 unspecified atom stereocenters. The monoisotopic (exact) mass is 289 g/mol. The number of carbonyl (C=O) groups is 1. The molecule has 2 fully saturated rings. The summed E-state index contributed by atoms with van der Waals surface area (Å²) in [5.41, 5.74) is 1.09. The smallest absolute Gasteiger partial charge is 0.227 e. The summed E-state index contributed by atoms with van der Waals surface area (Å²) < 4.78 is 5.47. The highest BCUT2D eigenvalue weighted by Gasteiger charge is 2.34. The van der Waals surface area contributed by atoms with Gasteiger partial charge in [0.25, 0.3) is 0 Å². The van der Waals surface area contributed by atoms with Crippen molar-refractivity contribution in [2.45, 2.75) is 12.5 Å². The fourth-order valence-corrected chi connectivity index (χ4v) is 3.29. The van der Waals surface area contributed by atoms with E-state index in [1.54, 1.807) is 7.11 Å². The van der Waals surface area contributed by atoms with Gasteiger partial charge in [0.1, 0.15) is 5.75 Å². The molecule has 2 heterocycles. The number of carbonyl (C=O) groups excluding carboxylic acids is 1. The van der Waals surface area contributed by atoms with E-state index in [0.717, 1.165) is 50.5 Å². The lowest BCUT2D eigenvalue weighted by atomic mass is 9.99. The number of piperazine rings is 1. The van der Waals surface area contributed by atoms with Crippen LogP contribution in [0.25, 0.3) is 0 Å². The molecule has 1 aromatic carbocycles. The van der Waals surface area contributed by atoms with E-state index in [0.29, 0.717) is 0 Å². The summed E-state index contributed by atoms with van der Waals surface area (Å²) in [6.45, 7) is 4.16. The van der Waals surface area contributed by atoms with Crippen LogP contribution in [0.4, 0.5) is 0 Å². The number of rotatable bonds is 3. The summed E-state index contributed by atoms with van der Waals surface area (Å²) in [7, 11) is 1.68. The molecule has 0 radical (unpaired) electrons. The van der Waals surface area contributed by atoms with Crippen molar-refractivity contribution in [1.82, 2.24) is 15.5 Å². The van der Waals surface area contributed by atoms with Gasteiger partial charge >= 0.3 is 0 Å². The van der Waals surface area contributed by atoms with Crippen LogP contribution in [-0.2, 0) is 4.79 Å². The molecule has 3 rings (SSSR count). The number of methoxy groups -OCH3 is 1. The van der Waals surface area contributed by atoms with Gasteiger partial charge in [-0.05, 0) is 19.0 Å². The van der Waals surface area contributed by atoms with Crippen molar-refractivity contribution in [1.29, 1.82) is 0 Å². The molecule has 0 aromatic heterocycles. The van der Waals surface area contributed by atoms with E-state index in [-0.39, 0.29) is 17.9 Å². The molecule has 114 valence electrons. The van der Waals surface area contributed by atoms with Crippen molar-refractivity contribution in [2.24, 2.45) is 5.92 Å². The number of ether oxygens (including phenoxy) is 1. The molecule has 1 amide bonds. The van der Waals surface area contributed by atoms with Crippen LogP contribution in [0.15, 0.2) is 24.3 Å². The summed E-state index contributed by atoms with van der Waals surface area (Å²) in [6.07, 6.45) is 0.946. The Kier molecular flexibility index (Phi) is 4.41. The standard InChI is InChI=1S/C16H23N3O2/c1-21-15-5-3-2-4-13(15)14-11-18-8-9-19(14)16(20)12-6-7-17-10-12/h2-5,12,14,17-18H,6-11H2,1H3/t12-,14?/m0/s1. The third kappa shape index (κ3) is 2.89. The molecule has 0 saturated carbocycles. The van der Waals surface area contributed by atoms with Crippen LogP contribution >= 0.6 is 0 Å². The molecule has 1 aromatic rings. The predicted octanol–water partition coefficient (Wildman–Crippen LogP) is 0.778. The Morgan fingerprint density at radius 3 is 2.81 bits per heavy atom. The van der Waals surface area contributed by atoms with Crippen molar-refractivity contribution in [3.8, 4) is 5.75 Å². The topological polar surface area (TPSA) is 53.6 Å². The van der Waals surface area contributed by atoms with E-state index in [1.807, 2.05) is 23.1 Å². The second-order valence-electron chi connectivity index (χ2n) is 5.68. The molecule has 2 N–H and O–H groups in total. The summed E-state index contributed by atoms with van der Waals surface area (Å²) in [5, 5.41) is 6.68. The van der Waals surface area contributed by atoms with E-state index in [4.69, 9.17) is 4.74 Å². The van der Waals surface area contributed by atoms with Crippen LogP contribution in [-0.4, -0.2) is 50.6 Å². The molecule has 0 spiro atoms. The van der Waals surface area contributed by atoms with Gasteiger partial charge in [0.2, 0.25) is 5.91 Å². The van der Waals surface area contributed by atoms with Crippen LogP contribution in [0, 0.1) is 5.92 Å². The van der Waals surface area contributed by atoms with Gasteiger partial charge < -0.3 is 20.3 Å². The van der Waals surface area contributed by atoms with Crippen molar-refractivity contribution >= 4 is 5.91 Å². The highest BCUT2D eigenvalue weighted by Crippen LogP contribution is 2.31. The second-order valence-corrected chi connectivity index (χ2v) is 5.68. The van der Waals surface area contributed by atoms with E-state index in [1.165, 1.54) is 0 Å². The fraction of sp³-hybridized carbons (Fsp3) is 0.562. The first-order valence-electron chi connectivity index (χ1n) is 7.66. The highest BCUT2D eigenvalue weighted by atomic mass is 16.5. The minimum atomic E-state index is 0.0583. The fourth-order valence-electron chi connectivity index (χ4n) is 3.29. The molecule has 5 nitrogen and oxygen atoms in total. The first kappa shape index (κ1) is 14.4. The zero-order chi connectivity index (χ0) is 14.7. The normalized spacial score (nSPS) is 25.9. The van der Waals surface area contributed by atoms with Gasteiger partial charge in [0.05, 0.1) is 19.1 Å².